The molecule has 1 amide bonds. The van der Waals surface area contributed by atoms with Gasteiger partial charge in [-0.05, 0) is 67.8 Å². The van der Waals surface area contributed by atoms with Crippen LogP contribution in [-0.4, -0.2) is 35.5 Å². The number of aryl methyl sites for hydroxylation is 3. The number of carbonyl (C=O) groups excluding carboxylic acids is 1. The molecule has 1 aromatic heterocycles. The number of para-hydroxylation sites is 1. The summed E-state index contributed by atoms with van der Waals surface area (Å²) in [5.74, 6) is -1.32. The molecule has 4 rings (SSSR count). The first kappa shape index (κ1) is 25.6. The largest absolute Gasteiger partial charge is 0.506 e. The van der Waals surface area contributed by atoms with Crippen molar-refractivity contribution in [1.82, 2.24) is 14.5 Å². The lowest BCUT2D eigenvalue weighted by Crippen LogP contribution is -2.29. The van der Waals surface area contributed by atoms with Crippen LogP contribution in [0, 0.1) is 20.8 Å². The zero-order valence-corrected chi connectivity index (χ0v) is 21.4. The van der Waals surface area contributed by atoms with Gasteiger partial charge in [0.2, 0.25) is 10.0 Å². The molecule has 0 radical (unpaired) electrons. The Kier molecular flexibility index (Phi) is 6.82. The van der Waals surface area contributed by atoms with Gasteiger partial charge in [-0.2, -0.15) is 5.11 Å². The zero-order chi connectivity index (χ0) is 26.9. The molecule has 0 fully saturated rings. The average molecular weight is 520 g/mol. The highest BCUT2D eigenvalue weighted by Gasteiger charge is 2.18. The monoisotopic (exact) mass is 519 g/mol. The summed E-state index contributed by atoms with van der Waals surface area (Å²) in [6, 6.07) is 16.8. The Hall–Kier alpha value is -4.51. The summed E-state index contributed by atoms with van der Waals surface area (Å²) in [6.45, 7) is 5.70. The van der Waals surface area contributed by atoms with Crippen molar-refractivity contribution in [3.63, 3.8) is 0 Å². The minimum absolute atomic E-state index is 0.158. The fourth-order valence-corrected chi connectivity index (χ4v) is 4.18. The molecule has 3 N–H and O–H groups in total. The number of aromatic amines is 1. The number of amides is 1. The molecule has 190 valence electrons. The second-order valence-corrected chi connectivity index (χ2v) is 10.4. The summed E-state index contributed by atoms with van der Waals surface area (Å²) in [7, 11) is -3.80. The van der Waals surface area contributed by atoms with E-state index in [-0.39, 0.29) is 22.6 Å². The Bertz CT molecular complexity index is 1720. The predicted molar refractivity (Wildman–Crippen MR) is 141 cm³/mol. The van der Waals surface area contributed by atoms with Gasteiger partial charge in [0.1, 0.15) is 5.75 Å². The Morgan fingerprint density at radius 1 is 0.973 bits per heavy atom. The van der Waals surface area contributed by atoms with Crippen molar-refractivity contribution >= 4 is 27.3 Å². The number of benzene rings is 3. The van der Waals surface area contributed by atoms with Gasteiger partial charge in [-0.3, -0.25) is 14.7 Å². The van der Waals surface area contributed by atoms with Crippen LogP contribution in [0.15, 0.2) is 75.7 Å². The van der Waals surface area contributed by atoms with Crippen LogP contribution in [0.5, 0.6) is 5.75 Å². The molecule has 11 heteroatoms. The van der Waals surface area contributed by atoms with Crippen LogP contribution in [0.3, 0.4) is 0 Å². The van der Waals surface area contributed by atoms with Crippen LogP contribution in [-0.2, 0) is 10.0 Å². The molecule has 3 aromatic carbocycles. The summed E-state index contributed by atoms with van der Waals surface area (Å²) < 4.78 is 26.1. The molecule has 0 atom stereocenters. The number of nitrogens with one attached hydrogen (secondary N) is 2. The summed E-state index contributed by atoms with van der Waals surface area (Å²) >= 11 is 0. The van der Waals surface area contributed by atoms with Crippen LogP contribution in [0.1, 0.15) is 27.2 Å². The smallest absolute Gasteiger partial charge is 0.299 e. The predicted octanol–water partition coefficient (Wildman–Crippen LogP) is 4.57. The van der Waals surface area contributed by atoms with E-state index in [1.165, 1.54) is 16.8 Å². The summed E-state index contributed by atoms with van der Waals surface area (Å²) in [6.07, 6.45) is 0.850. The van der Waals surface area contributed by atoms with E-state index < -0.39 is 15.9 Å². The number of nitrogens with zero attached hydrogens (tertiary/aromatic N) is 3. The number of sulfonamides is 1. The lowest BCUT2D eigenvalue weighted by molar-refractivity contribution is 0.0979. The van der Waals surface area contributed by atoms with Crippen molar-refractivity contribution in [3.05, 3.63) is 93.4 Å². The quantitative estimate of drug-likeness (QED) is 0.320. The van der Waals surface area contributed by atoms with E-state index in [4.69, 9.17) is 0 Å². The number of hydrogen-bond acceptors (Lipinski definition) is 7. The number of H-pyrrole nitrogens is 1. The number of carbonyl (C=O) groups is 1. The number of hydrogen-bond donors (Lipinski definition) is 3. The van der Waals surface area contributed by atoms with E-state index in [9.17, 15) is 23.1 Å². The Morgan fingerprint density at radius 2 is 1.70 bits per heavy atom. The molecule has 37 heavy (non-hydrogen) atoms. The highest BCUT2D eigenvalue weighted by atomic mass is 32.2. The lowest BCUT2D eigenvalue weighted by Gasteiger charge is -2.10. The first-order valence-corrected chi connectivity index (χ1v) is 13.1. The molecule has 0 aliphatic rings. The first-order chi connectivity index (χ1) is 17.4. The maximum absolute atomic E-state index is 13.0. The molecule has 0 unspecified atom stereocenters. The summed E-state index contributed by atoms with van der Waals surface area (Å²) in [5, 5.41) is 22.1. The third-order valence-electron chi connectivity index (χ3n) is 5.77. The highest BCUT2D eigenvalue weighted by Crippen LogP contribution is 2.34. The number of phenolic OH excluding ortho intramolecular Hbond substituents is 1. The van der Waals surface area contributed by atoms with E-state index in [1.54, 1.807) is 37.3 Å². The van der Waals surface area contributed by atoms with E-state index in [0.29, 0.717) is 28.2 Å². The SMILES string of the molecule is Cc1ccc(-n2[nH]c(C)c(N=Nc3cccc(-c4cccc(C(=O)NS(C)(=O)=O)c4O)c3)c2=O)cc1C. The Balaban J connectivity index is 1.66. The number of rotatable bonds is 6. The van der Waals surface area contributed by atoms with Crippen molar-refractivity contribution in [2.24, 2.45) is 10.2 Å². The molecule has 1 heterocycles. The number of phenols is 1. The van der Waals surface area contributed by atoms with Crippen LogP contribution in [0.4, 0.5) is 11.4 Å². The van der Waals surface area contributed by atoms with Gasteiger partial charge < -0.3 is 5.11 Å². The standard InChI is InChI=1S/C26H25N5O5S/c1-15-11-12-20(13-16(15)2)31-26(34)23(17(3)29-31)28-27-19-8-5-7-18(14-19)21-9-6-10-22(24(21)32)25(33)30-37(4,35)36/h5-14,29,32H,1-4H3,(H,30,33). The van der Waals surface area contributed by atoms with Gasteiger partial charge in [0.25, 0.3) is 11.5 Å². The molecule has 0 saturated heterocycles. The van der Waals surface area contributed by atoms with Crippen molar-refractivity contribution in [1.29, 1.82) is 0 Å². The fourth-order valence-electron chi connectivity index (χ4n) is 3.73. The first-order valence-electron chi connectivity index (χ1n) is 11.2. The maximum Gasteiger partial charge on any atom is 0.299 e. The van der Waals surface area contributed by atoms with Gasteiger partial charge in [0.05, 0.1) is 28.9 Å². The molecule has 0 spiro atoms. The number of aromatic nitrogens is 2. The van der Waals surface area contributed by atoms with Crippen molar-refractivity contribution in [2.45, 2.75) is 20.8 Å². The van der Waals surface area contributed by atoms with Gasteiger partial charge >= 0.3 is 0 Å². The van der Waals surface area contributed by atoms with Crippen LogP contribution >= 0.6 is 0 Å². The topological polar surface area (TPSA) is 146 Å². The molecule has 0 aliphatic carbocycles. The van der Waals surface area contributed by atoms with E-state index in [2.05, 4.69) is 15.3 Å². The minimum atomic E-state index is -3.80. The number of aromatic hydroxyl groups is 1. The molecule has 10 nitrogen and oxygen atoms in total. The van der Waals surface area contributed by atoms with Gasteiger partial charge in [0, 0.05) is 5.56 Å². The number of azo groups is 1. The van der Waals surface area contributed by atoms with Gasteiger partial charge in [0.15, 0.2) is 5.69 Å². The van der Waals surface area contributed by atoms with Crippen LogP contribution < -0.4 is 10.3 Å². The summed E-state index contributed by atoms with van der Waals surface area (Å²) in [4.78, 5) is 25.3. The second kappa shape index (κ2) is 9.86. The normalized spacial score (nSPS) is 11.7. The van der Waals surface area contributed by atoms with Crippen LogP contribution in [0.25, 0.3) is 16.8 Å². The fraction of sp³-hybridized carbons (Fsp3) is 0.154. The van der Waals surface area contributed by atoms with Gasteiger partial charge in [-0.1, -0.05) is 30.3 Å². The minimum Gasteiger partial charge on any atom is -0.506 e. The average Bonchev–Trinajstić information content (AvgIpc) is 3.11. The lowest BCUT2D eigenvalue weighted by atomic mass is 10.0. The van der Waals surface area contributed by atoms with Crippen LogP contribution in [0.2, 0.25) is 0 Å². The van der Waals surface area contributed by atoms with E-state index >= 15 is 0 Å². The molecule has 0 saturated carbocycles. The van der Waals surface area contributed by atoms with E-state index in [1.807, 2.05) is 36.8 Å². The summed E-state index contributed by atoms with van der Waals surface area (Å²) in [5.41, 5.74) is 4.25. The molecular formula is C26H25N5O5S. The second-order valence-electron chi connectivity index (χ2n) is 8.65. The zero-order valence-electron chi connectivity index (χ0n) is 20.6. The van der Waals surface area contributed by atoms with Gasteiger partial charge in [-0.15, -0.1) is 5.11 Å². The van der Waals surface area contributed by atoms with Crippen molar-refractivity contribution in [2.75, 3.05) is 6.26 Å². The van der Waals surface area contributed by atoms with Crippen molar-refractivity contribution in [3.8, 4) is 22.6 Å². The van der Waals surface area contributed by atoms with Crippen molar-refractivity contribution < 1.29 is 18.3 Å². The third kappa shape index (κ3) is 5.51. The molecule has 0 bridgehead atoms. The Morgan fingerprint density at radius 3 is 2.41 bits per heavy atom. The third-order valence-corrected chi connectivity index (χ3v) is 6.33. The molecular weight excluding hydrogens is 494 g/mol. The van der Waals surface area contributed by atoms with E-state index in [0.717, 1.165) is 17.4 Å². The molecule has 0 aliphatic heterocycles. The molecule has 4 aromatic rings. The van der Waals surface area contributed by atoms with Gasteiger partial charge in [-0.25, -0.2) is 17.8 Å². The highest BCUT2D eigenvalue weighted by molar-refractivity contribution is 7.89. The maximum atomic E-state index is 13.0. The Labute approximate surface area is 213 Å².